The Labute approximate surface area is 204 Å². The lowest BCUT2D eigenvalue weighted by Gasteiger charge is -2.39. The molecule has 0 unspecified atom stereocenters. The van der Waals surface area contributed by atoms with Crippen LogP contribution in [0.15, 0.2) is 60.8 Å². The average Bonchev–Trinajstić information content (AvgIpc) is 3.33. The molecule has 1 aromatic heterocycles. The molecule has 4 rings (SSSR count). The zero-order valence-corrected chi connectivity index (χ0v) is 20.4. The van der Waals surface area contributed by atoms with E-state index in [0.717, 1.165) is 36.7 Å². The van der Waals surface area contributed by atoms with E-state index in [1.54, 1.807) is 17.0 Å². The van der Waals surface area contributed by atoms with Gasteiger partial charge >= 0.3 is 6.03 Å². The molecule has 3 aromatic rings. The SMILES string of the molecule is CC.C[C@@H]1CN(Cc2cccc(Oc3ccc(Cl)cc3)c2)CCN1C(=O)n1ccc(C(N)=O)n1. The second-order valence-corrected chi connectivity index (χ2v) is 8.21. The van der Waals surface area contributed by atoms with E-state index in [1.165, 1.54) is 16.9 Å². The van der Waals surface area contributed by atoms with Crippen LogP contribution in [-0.4, -0.2) is 57.2 Å². The van der Waals surface area contributed by atoms with Gasteiger partial charge in [-0.2, -0.15) is 9.78 Å². The van der Waals surface area contributed by atoms with E-state index in [1.807, 2.05) is 51.1 Å². The zero-order chi connectivity index (χ0) is 24.7. The molecular weight excluding hydrogens is 454 g/mol. The molecule has 2 heterocycles. The number of amides is 2. The van der Waals surface area contributed by atoms with Crippen LogP contribution in [0.5, 0.6) is 11.5 Å². The van der Waals surface area contributed by atoms with E-state index in [2.05, 4.69) is 16.1 Å². The Hall–Kier alpha value is -3.36. The van der Waals surface area contributed by atoms with Crippen LogP contribution in [-0.2, 0) is 6.54 Å². The summed E-state index contributed by atoms with van der Waals surface area (Å²) in [6, 6.07) is 16.4. The molecule has 1 fully saturated rings. The molecule has 1 aliphatic heterocycles. The predicted molar refractivity (Wildman–Crippen MR) is 132 cm³/mol. The van der Waals surface area contributed by atoms with E-state index in [9.17, 15) is 9.59 Å². The molecule has 0 saturated carbocycles. The Morgan fingerprint density at radius 2 is 1.82 bits per heavy atom. The van der Waals surface area contributed by atoms with Gasteiger partial charge in [-0.1, -0.05) is 37.6 Å². The molecule has 34 heavy (non-hydrogen) atoms. The van der Waals surface area contributed by atoms with E-state index in [4.69, 9.17) is 22.1 Å². The van der Waals surface area contributed by atoms with Gasteiger partial charge in [0.25, 0.3) is 5.91 Å². The molecule has 1 aliphatic rings. The number of ether oxygens (including phenoxy) is 1. The topological polar surface area (TPSA) is 93.7 Å². The Bertz CT molecular complexity index is 1120. The number of rotatable bonds is 5. The number of benzene rings is 2. The molecule has 0 aliphatic carbocycles. The fourth-order valence-electron chi connectivity index (χ4n) is 3.76. The lowest BCUT2D eigenvalue weighted by molar-refractivity contribution is 0.0963. The van der Waals surface area contributed by atoms with Crippen LogP contribution in [0.2, 0.25) is 5.02 Å². The maximum absolute atomic E-state index is 12.8. The van der Waals surface area contributed by atoms with Crippen LogP contribution in [0.25, 0.3) is 0 Å². The number of carbonyl (C=O) groups is 2. The Balaban J connectivity index is 0.00000158. The molecule has 1 saturated heterocycles. The van der Waals surface area contributed by atoms with Gasteiger partial charge < -0.3 is 15.4 Å². The van der Waals surface area contributed by atoms with Crippen molar-refractivity contribution in [1.29, 1.82) is 0 Å². The first-order valence-electron chi connectivity index (χ1n) is 11.3. The van der Waals surface area contributed by atoms with Crippen LogP contribution >= 0.6 is 11.6 Å². The highest BCUT2D eigenvalue weighted by Gasteiger charge is 2.29. The van der Waals surface area contributed by atoms with Crippen LogP contribution in [0.3, 0.4) is 0 Å². The number of hydrogen-bond donors (Lipinski definition) is 1. The Kier molecular flexibility index (Phi) is 8.67. The number of halogens is 1. The van der Waals surface area contributed by atoms with Gasteiger partial charge in [-0.05, 0) is 55.0 Å². The molecule has 1 atom stereocenters. The first-order chi connectivity index (χ1) is 16.4. The highest BCUT2D eigenvalue weighted by Crippen LogP contribution is 2.24. The van der Waals surface area contributed by atoms with E-state index in [0.29, 0.717) is 11.6 Å². The van der Waals surface area contributed by atoms with Gasteiger partial charge in [0, 0.05) is 43.4 Å². The molecule has 0 bridgehead atoms. The monoisotopic (exact) mass is 483 g/mol. The van der Waals surface area contributed by atoms with E-state index >= 15 is 0 Å². The molecule has 0 radical (unpaired) electrons. The van der Waals surface area contributed by atoms with E-state index < -0.39 is 5.91 Å². The van der Waals surface area contributed by atoms with Gasteiger partial charge in [0.1, 0.15) is 11.5 Å². The Morgan fingerprint density at radius 1 is 1.09 bits per heavy atom. The first-order valence-corrected chi connectivity index (χ1v) is 11.7. The summed E-state index contributed by atoms with van der Waals surface area (Å²) < 4.78 is 7.10. The van der Waals surface area contributed by atoms with Crippen molar-refractivity contribution in [1.82, 2.24) is 19.6 Å². The predicted octanol–water partition coefficient (Wildman–Crippen LogP) is 4.63. The third-order valence-corrected chi connectivity index (χ3v) is 5.60. The first kappa shape index (κ1) is 25.3. The van der Waals surface area contributed by atoms with Gasteiger partial charge in [0.15, 0.2) is 5.69 Å². The molecular formula is C25H30ClN5O3. The number of nitrogens with two attached hydrogens (primary N) is 1. The molecule has 180 valence electrons. The van der Waals surface area contributed by atoms with Gasteiger partial charge in [0.05, 0.1) is 0 Å². The van der Waals surface area contributed by atoms with Crippen molar-refractivity contribution in [3.63, 3.8) is 0 Å². The fourth-order valence-corrected chi connectivity index (χ4v) is 3.88. The van der Waals surface area contributed by atoms with Crippen LogP contribution < -0.4 is 10.5 Å². The third kappa shape index (κ3) is 6.36. The summed E-state index contributed by atoms with van der Waals surface area (Å²) >= 11 is 5.93. The van der Waals surface area contributed by atoms with Crippen molar-refractivity contribution in [3.8, 4) is 11.5 Å². The standard InChI is InChI=1S/C23H24ClN5O3.C2H6/c1-16-14-27(11-12-28(16)23(31)29-10-9-21(26-29)22(25)30)15-17-3-2-4-20(13-17)32-19-7-5-18(24)6-8-19;1-2/h2-10,13,16H,11-12,14-15H2,1H3,(H2,25,30);1-2H3/t16-;/m1./s1. The summed E-state index contributed by atoms with van der Waals surface area (Å²) in [5.41, 5.74) is 6.42. The van der Waals surface area contributed by atoms with Crippen LogP contribution in [0.4, 0.5) is 4.79 Å². The molecule has 9 heteroatoms. The average molecular weight is 484 g/mol. The number of aromatic nitrogens is 2. The number of piperazine rings is 1. The lowest BCUT2D eigenvalue weighted by Crippen LogP contribution is -2.54. The van der Waals surface area contributed by atoms with E-state index in [-0.39, 0.29) is 17.8 Å². The van der Waals surface area contributed by atoms with Gasteiger partial charge in [0.2, 0.25) is 0 Å². The smallest absolute Gasteiger partial charge is 0.344 e. The number of hydrogen-bond acceptors (Lipinski definition) is 5. The van der Waals surface area contributed by atoms with Gasteiger partial charge in [-0.15, -0.1) is 0 Å². The highest BCUT2D eigenvalue weighted by atomic mass is 35.5. The summed E-state index contributed by atoms with van der Waals surface area (Å²) in [5, 5.41) is 4.64. The minimum Gasteiger partial charge on any atom is -0.457 e. The van der Waals surface area contributed by atoms with Crippen molar-refractivity contribution in [2.24, 2.45) is 5.73 Å². The summed E-state index contributed by atoms with van der Waals surface area (Å²) in [5.74, 6) is 0.831. The third-order valence-electron chi connectivity index (χ3n) is 5.35. The van der Waals surface area contributed by atoms with Crippen molar-refractivity contribution in [2.45, 2.75) is 33.4 Å². The van der Waals surface area contributed by atoms with Crippen molar-refractivity contribution < 1.29 is 14.3 Å². The van der Waals surface area contributed by atoms with Crippen molar-refractivity contribution in [3.05, 3.63) is 77.1 Å². The summed E-state index contributed by atoms with van der Waals surface area (Å²) in [6.07, 6.45) is 1.47. The molecule has 2 aromatic carbocycles. The molecule has 2 amide bonds. The quantitative estimate of drug-likeness (QED) is 0.571. The molecule has 8 nitrogen and oxygen atoms in total. The van der Waals surface area contributed by atoms with Crippen molar-refractivity contribution >= 4 is 23.5 Å². The summed E-state index contributed by atoms with van der Waals surface area (Å²) in [6.45, 7) is 8.76. The minimum absolute atomic E-state index is 0.00835. The number of carbonyl (C=O) groups excluding carboxylic acids is 2. The van der Waals surface area contributed by atoms with Crippen LogP contribution in [0, 0.1) is 0 Å². The largest absolute Gasteiger partial charge is 0.457 e. The Morgan fingerprint density at radius 3 is 2.47 bits per heavy atom. The highest BCUT2D eigenvalue weighted by molar-refractivity contribution is 6.30. The minimum atomic E-state index is -0.656. The summed E-state index contributed by atoms with van der Waals surface area (Å²) in [7, 11) is 0. The number of nitrogens with zero attached hydrogens (tertiary/aromatic N) is 4. The van der Waals surface area contributed by atoms with Gasteiger partial charge in [-0.3, -0.25) is 9.69 Å². The van der Waals surface area contributed by atoms with Crippen molar-refractivity contribution in [2.75, 3.05) is 19.6 Å². The maximum Gasteiger partial charge on any atom is 0.344 e. The second kappa shape index (κ2) is 11.7. The summed E-state index contributed by atoms with van der Waals surface area (Å²) in [4.78, 5) is 28.1. The normalized spacial score (nSPS) is 15.9. The lowest BCUT2D eigenvalue weighted by atomic mass is 10.1. The fraction of sp³-hybridized carbons (Fsp3) is 0.320. The zero-order valence-electron chi connectivity index (χ0n) is 19.6. The molecule has 2 N–H and O–H groups in total. The second-order valence-electron chi connectivity index (χ2n) is 7.77. The van der Waals surface area contributed by atoms with Gasteiger partial charge in [-0.25, -0.2) is 4.79 Å². The van der Waals surface area contributed by atoms with Crippen LogP contribution in [0.1, 0.15) is 36.8 Å². The molecule has 0 spiro atoms. The number of primary amides is 1. The maximum atomic E-state index is 12.8.